The van der Waals surface area contributed by atoms with Crippen molar-refractivity contribution in [3.05, 3.63) is 41.3 Å². The number of pyridine rings is 2. The van der Waals surface area contributed by atoms with Crippen molar-refractivity contribution in [1.29, 1.82) is 0 Å². The molecule has 0 bridgehead atoms. The van der Waals surface area contributed by atoms with E-state index in [0.717, 1.165) is 0 Å². The number of Topliss-reactive ketones (excluding diaryl/α,β-unsaturated/α-hetero) is 1. The molecule has 0 spiro atoms. The van der Waals surface area contributed by atoms with E-state index in [9.17, 15) is 4.79 Å². The Morgan fingerprint density at radius 2 is 2.18 bits per heavy atom. The van der Waals surface area contributed by atoms with E-state index in [4.69, 9.17) is 17.3 Å². The molecule has 2 aromatic heterocycles. The Hall–Kier alpha value is -1.94. The zero-order chi connectivity index (χ0) is 12.4. The average molecular weight is 248 g/mol. The van der Waals surface area contributed by atoms with Gasteiger partial charge in [-0.25, -0.2) is 0 Å². The molecule has 17 heavy (non-hydrogen) atoms. The molecule has 0 unspecified atom stereocenters. The highest BCUT2D eigenvalue weighted by Crippen LogP contribution is 2.29. The van der Waals surface area contributed by atoms with E-state index in [1.807, 2.05) is 0 Å². The third-order valence-electron chi connectivity index (χ3n) is 2.36. The van der Waals surface area contributed by atoms with Crippen LogP contribution in [-0.4, -0.2) is 15.8 Å². The molecular formula is C12H10ClN3O. The van der Waals surface area contributed by atoms with Crippen LogP contribution < -0.4 is 5.73 Å². The van der Waals surface area contributed by atoms with Gasteiger partial charge in [-0.1, -0.05) is 11.6 Å². The second-order valence-corrected chi connectivity index (χ2v) is 3.98. The van der Waals surface area contributed by atoms with E-state index in [2.05, 4.69) is 9.97 Å². The fraction of sp³-hybridized carbons (Fsp3) is 0.0833. The van der Waals surface area contributed by atoms with Gasteiger partial charge >= 0.3 is 0 Å². The van der Waals surface area contributed by atoms with Crippen molar-refractivity contribution in [3.63, 3.8) is 0 Å². The number of nitrogen functional groups attached to an aromatic ring is 1. The van der Waals surface area contributed by atoms with Crippen LogP contribution in [0.15, 0.2) is 30.7 Å². The Bertz CT molecular complexity index is 584. The van der Waals surface area contributed by atoms with Gasteiger partial charge in [-0.15, -0.1) is 0 Å². The number of hydrogen-bond donors (Lipinski definition) is 1. The molecule has 0 aliphatic carbocycles. The molecule has 2 N–H and O–H groups in total. The molecular weight excluding hydrogens is 238 g/mol. The number of carbonyl (C=O) groups excluding carboxylic acids is 1. The van der Waals surface area contributed by atoms with Gasteiger partial charge in [-0.2, -0.15) is 0 Å². The molecule has 2 heterocycles. The summed E-state index contributed by atoms with van der Waals surface area (Å²) < 4.78 is 0. The van der Waals surface area contributed by atoms with Gasteiger partial charge in [0, 0.05) is 35.4 Å². The minimum absolute atomic E-state index is 0.0786. The van der Waals surface area contributed by atoms with Crippen LogP contribution >= 0.6 is 11.6 Å². The second kappa shape index (κ2) is 4.51. The van der Waals surface area contributed by atoms with Crippen molar-refractivity contribution < 1.29 is 4.79 Å². The molecule has 86 valence electrons. The zero-order valence-electron chi connectivity index (χ0n) is 9.14. The summed E-state index contributed by atoms with van der Waals surface area (Å²) in [5.74, 6) is -0.0786. The molecule has 0 aliphatic rings. The highest BCUT2D eigenvalue weighted by molar-refractivity contribution is 6.33. The van der Waals surface area contributed by atoms with Crippen molar-refractivity contribution in [2.45, 2.75) is 6.92 Å². The van der Waals surface area contributed by atoms with Gasteiger partial charge in [0.05, 0.1) is 10.7 Å². The maximum Gasteiger partial charge on any atom is 0.161 e. The van der Waals surface area contributed by atoms with Gasteiger partial charge in [0.2, 0.25) is 0 Å². The van der Waals surface area contributed by atoms with E-state index >= 15 is 0 Å². The van der Waals surface area contributed by atoms with Crippen LogP contribution in [-0.2, 0) is 0 Å². The smallest absolute Gasteiger partial charge is 0.161 e. The van der Waals surface area contributed by atoms with Gasteiger partial charge in [0.25, 0.3) is 0 Å². The first-order chi connectivity index (χ1) is 8.09. The number of nitrogens with zero attached hydrogens (tertiary/aromatic N) is 2. The van der Waals surface area contributed by atoms with Crippen molar-refractivity contribution in [3.8, 4) is 11.3 Å². The largest absolute Gasteiger partial charge is 0.398 e. The first-order valence-electron chi connectivity index (χ1n) is 4.96. The van der Waals surface area contributed by atoms with Crippen molar-refractivity contribution >= 4 is 23.1 Å². The lowest BCUT2D eigenvalue weighted by Crippen LogP contribution is -1.97. The third-order valence-corrected chi connectivity index (χ3v) is 2.65. The number of aromatic nitrogens is 2. The van der Waals surface area contributed by atoms with Gasteiger partial charge in [0.15, 0.2) is 5.78 Å². The zero-order valence-corrected chi connectivity index (χ0v) is 9.90. The first-order valence-corrected chi connectivity index (χ1v) is 5.33. The highest BCUT2D eigenvalue weighted by atomic mass is 35.5. The number of nitrogens with two attached hydrogens (primary N) is 1. The summed E-state index contributed by atoms with van der Waals surface area (Å²) >= 11 is 6.08. The van der Waals surface area contributed by atoms with E-state index < -0.39 is 0 Å². The Morgan fingerprint density at radius 1 is 1.41 bits per heavy atom. The average Bonchev–Trinajstić information content (AvgIpc) is 2.30. The SMILES string of the molecule is CC(=O)c1cnc(-c2cnccc2N)c(Cl)c1. The number of hydrogen-bond acceptors (Lipinski definition) is 4. The minimum atomic E-state index is -0.0786. The van der Waals surface area contributed by atoms with Crippen molar-refractivity contribution in [1.82, 2.24) is 9.97 Å². The predicted octanol–water partition coefficient (Wildman–Crippen LogP) is 2.58. The molecule has 5 heteroatoms. The monoisotopic (exact) mass is 247 g/mol. The van der Waals surface area contributed by atoms with Crippen LogP contribution in [0.5, 0.6) is 0 Å². The molecule has 0 radical (unpaired) electrons. The summed E-state index contributed by atoms with van der Waals surface area (Å²) in [4.78, 5) is 19.3. The summed E-state index contributed by atoms with van der Waals surface area (Å²) in [5, 5.41) is 0.386. The maximum absolute atomic E-state index is 11.2. The second-order valence-electron chi connectivity index (χ2n) is 3.57. The Kier molecular flexibility index (Phi) is 3.06. The number of anilines is 1. The van der Waals surface area contributed by atoms with E-state index in [-0.39, 0.29) is 5.78 Å². The fourth-order valence-electron chi connectivity index (χ4n) is 1.43. The minimum Gasteiger partial charge on any atom is -0.398 e. The van der Waals surface area contributed by atoms with Crippen LogP contribution in [0, 0.1) is 0 Å². The van der Waals surface area contributed by atoms with Gasteiger partial charge in [0.1, 0.15) is 0 Å². The lowest BCUT2D eigenvalue weighted by Gasteiger charge is -2.06. The summed E-state index contributed by atoms with van der Waals surface area (Å²) in [7, 11) is 0. The third kappa shape index (κ3) is 2.26. The van der Waals surface area contributed by atoms with Crippen molar-refractivity contribution in [2.75, 3.05) is 5.73 Å². The van der Waals surface area contributed by atoms with E-state index in [1.165, 1.54) is 13.1 Å². The van der Waals surface area contributed by atoms with Gasteiger partial charge in [-0.05, 0) is 19.1 Å². The molecule has 0 fully saturated rings. The summed E-state index contributed by atoms with van der Waals surface area (Å²) in [6.45, 7) is 1.46. The predicted molar refractivity (Wildman–Crippen MR) is 66.9 cm³/mol. The van der Waals surface area contributed by atoms with Crippen molar-refractivity contribution in [2.24, 2.45) is 0 Å². The lowest BCUT2D eigenvalue weighted by molar-refractivity contribution is 0.101. The molecule has 2 rings (SSSR count). The Labute approximate surface area is 103 Å². The Balaban J connectivity index is 2.55. The fourth-order valence-corrected chi connectivity index (χ4v) is 1.70. The Morgan fingerprint density at radius 3 is 2.76 bits per heavy atom. The van der Waals surface area contributed by atoms with Crippen LogP contribution in [0.2, 0.25) is 5.02 Å². The standard InChI is InChI=1S/C12H10ClN3O/c1-7(17)8-4-10(13)12(16-5-8)9-6-15-3-2-11(9)14/h2-6H,1H3,(H2,14,15). The summed E-state index contributed by atoms with van der Waals surface area (Å²) in [6, 6.07) is 3.25. The van der Waals surface area contributed by atoms with Gasteiger partial charge < -0.3 is 5.73 Å². The molecule has 0 aromatic carbocycles. The molecule has 2 aromatic rings. The number of rotatable bonds is 2. The van der Waals surface area contributed by atoms with Crippen LogP contribution in [0.4, 0.5) is 5.69 Å². The molecule has 0 atom stereocenters. The topological polar surface area (TPSA) is 68.9 Å². The number of carbonyl (C=O) groups is 1. The van der Waals surface area contributed by atoms with Crippen LogP contribution in [0.25, 0.3) is 11.3 Å². The van der Waals surface area contributed by atoms with Crippen LogP contribution in [0.3, 0.4) is 0 Å². The normalized spacial score (nSPS) is 10.2. The maximum atomic E-state index is 11.2. The highest BCUT2D eigenvalue weighted by Gasteiger charge is 2.10. The molecule has 0 aliphatic heterocycles. The van der Waals surface area contributed by atoms with E-state index in [1.54, 1.807) is 24.5 Å². The lowest BCUT2D eigenvalue weighted by atomic mass is 10.1. The number of ketones is 1. The quantitative estimate of drug-likeness (QED) is 0.828. The van der Waals surface area contributed by atoms with Gasteiger partial charge in [-0.3, -0.25) is 14.8 Å². The first kappa shape index (κ1) is 11.5. The summed E-state index contributed by atoms with van der Waals surface area (Å²) in [6.07, 6.45) is 4.67. The molecule has 4 nitrogen and oxygen atoms in total. The molecule has 0 saturated heterocycles. The molecule has 0 amide bonds. The van der Waals surface area contributed by atoms with Crippen LogP contribution in [0.1, 0.15) is 17.3 Å². The number of halogens is 1. The van der Waals surface area contributed by atoms with E-state index in [0.29, 0.717) is 27.5 Å². The summed E-state index contributed by atoms with van der Waals surface area (Å²) in [5.41, 5.74) is 8.02. The molecule has 0 saturated carbocycles.